The van der Waals surface area contributed by atoms with Crippen molar-refractivity contribution in [2.45, 2.75) is 6.04 Å². The molecule has 1 atom stereocenters. The second-order valence-corrected chi connectivity index (χ2v) is 3.47. The van der Waals surface area contributed by atoms with Crippen molar-refractivity contribution in [3.05, 3.63) is 22.4 Å². The number of carboxylic acid groups (broad SMARTS) is 1. The summed E-state index contributed by atoms with van der Waals surface area (Å²) in [5, 5.41) is 21.1. The molecule has 0 saturated heterocycles. The van der Waals surface area contributed by atoms with E-state index in [1.165, 1.54) is 11.3 Å². The fourth-order valence-electron chi connectivity index (χ4n) is 0.823. The summed E-state index contributed by atoms with van der Waals surface area (Å²) in [4.78, 5) is 22.2. The number of aliphatic hydroxyl groups is 1. The summed E-state index contributed by atoms with van der Waals surface area (Å²) in [6, 6.07) is 2.02. The third-order valence-electron chi connectivity index (χ3n) is 1.53. The molecule has 0 saturated carbocycles. The van der Waals surface area contributed by atoms with E-state index in [1.807, 2.05) is 0 Å². The Hall–Kier alpha value is -1.40. The number of carboxylic acids is 1. The van der Waals surface area contributed by atoms with Gasteiger partial charge >= 0.3 is 5.97 Å². The van der Waals surface area contributed by atoms with Crippen LogP contribution in [0, 0.1) is 0 Å². The largest absolute Gasteiger partial charge is 0.480 e. The average Bonchev–Trinajstić information content (AvgIpc) is 2.65. The maximum absolute atomic E-state index is 11.3. The van der Waals surface area contributed by atoms with Crippen molar-refractivity contribution in [1.82, 2.24) is 5.32 Å². The van der Waals surface area contributed by atoms with E-state index >= 15 is 0 Å². The van der Waals surface area contributed by atoms with E-state index in [1.54, 1.807) is 17.5 Å². The Kier molecular flexibility index (Phi) is 3.61. The number of carbonyl (C=O) groups is 2. The molecular weight excluding hydrogens is 206 g/mol. The van der Waals surface area contributed by atoms with E-state index in [0.717, 1.165) is 0 Å². The van der Waals surface area contributed by atoms with Gasteiger partial charge in [-0.3, -0.25) is 4.79 Å². The van der Waals surface area contributed by atoms with Gasteiger partial charge in [-0.2, -0.15) is 0 Å². The van der Waals surface area contributed by atoms with E-state index < -0.39 is 24.5 Å². The minimum atomic E-state index is -1.25. The Morgan fingerprint density at radius 3 is 2.71 bits per heavy atom. The van der Waals surface area contributed by atoms with Crippen LogP contribution in [0.3, 0.4) is 0 Å². The summed E-state index contributed by atoms with van der Waals surface area (Å²) in [6.07, 6.45) is 0. The van der Waals surface area contributed by atoms with Gasteiger partial charge in [0, 0.05) is 0 Å². The van der Waals surface area contributed by atoms with Gasteiger partial charge in [-0.1, -0.05) is 6.07 Å². The molecule has 1 aromatic heterocycles. The highest BCUT2D eigenvalue weighted by Crippen LogP contribution is 2.07. The second-order valence-electron chi connectivity index (χ2n) is 2.52. The normalized spacial score (nSPS) is 12.1. The van der Waals surface area contributed by atoms with Crippen LogP contribution in [0.15, 0.2) is 17.5 Å². The quantitative estimate of drug-likeness (QED) is 0.655. The Bertz CT molecular complexity index is 322. The maximum Gasteiger partial charge on any atom is 0.328 e. The monoisotopic (exact) mass is 215 g/mol. The van der Waals surface area contributed by atoms with Crippen LogP contribution in [-0.4, -0.2) is 34.7 Å². The molecule has 0 radical (unpaired) electrons. The highest BCUT2D eigenvalue weighted by atomic mass is 32.1. The van der Waals surface area contributed by atoms with Crippen molar-refractivity contribution in [3.63, 3.8) is 0 Å². The number of thiophene rings is 1. The van der Waals surface area contributed by atoms with Gasteiger partial charge in [0.2, 0.25) is 0 Å². The van der Waals surface area contributed by atoms with E-state index in [9.17, 15) is 9.59 Å². The van der Waals surface area contributed by atoms with Crippen LogP contribution in [0.25, 0.3) is 0 Å². The van der Waals surface area contributed by atoms with Gasteiger partial charge in [-0.25, -0.2) is 4.79 Å². The number of hydrogen-bond donors (Lipinski definition) is 3. The lowest BCUT2D eigenvalue weighted by Crippen LogP contribution is -2.43. The molecule has 0 aliphatic rings. The molecule has 1 unspecified atom stereocenters. The van der Waals surface area contributed by atoms with Crippen molar-refractivity contribution in [2.75, 3.05) is 6.61 Å². The molecule has 5 nitrogen and oxygen atoms in total. The summed E-state index contributed by atoms with van der Waals surface area (Å²) >= 11 is 1.21. The Labute approximate surface area is 84.0 Å². The smallest absolute Gasteiger partial charge is 0.328 e. The van der Waals surface area contributed by atoms with Crippen molar-refractivity contribution in [2.24, 2.45) is 0 Å². The SMILES string of the molecule is O=C(NC(CO)C(=O)O)c1cccs1. The first-order valence-electron chi connectivity index (χ1n) is 3.83. The predicted octanol–water partition coefficient (Wildman–Crippen LogP) is -0.0766. The molecule has 0 aliphatic heterocycles. The van der Waals surface area contributed by atoms with Gasteiger partial charge in [0.05, 0.1) is 11.5 Å². The molecule has 3 N–H and O–H groups in total. The molecule has 1 amide bonds. The molecule has 1 rings (SSSR count). The van der Waals surface area contributed by atoms with Crippen LogP contribution < -0.4 is 5.32 Å². The van der Waals surface area contributed by atoms with Crippen LogP contribution in [0.5, 0.6) is 0 Å². The lowest BCUT2D eigenvalue weighted by atomic mass is 10.3. The van der Waals surface area contributed by atoms with Gasteiger partial charge in [0.25, 0.3) is 5.91 Å². The third kappa shape index (κ3) is 2.54. The molecule has 1 heterocycles. The number of hydrogen-bond acceptors (Lipinski definition) is 4. The zero-order chi connectivity index (χ0) is 10.6. The molecule has 76 valence electrons. The van der Waals surface area contributed by atoms with E-state index in [2.05, 4.69) is 5.32 Å². The minimum absolute atomic E-state index is 0.421. The summed E-state index contributed by atoms with van der Waals surface area (Å²) in [5.74, 6) is -1.74. The highest BCUT2D eigenvalue weighted by molar-refractivity contribution is 7.12. The number of aliphatic carboxylic acids is 1. The number of amides is 1. The Morgan fingerprint density at radius 2 is 2.29 bits per heavy atom. The number of nitrogens with one attached hydrogen (secondary N) is 1. The first-order valence-corrected chi connectivity index (χ1v) is 4.71. The lowest BCUT2D eigenvalue weighted by Gasteiger charge is -2.09. The molecule has 0 spiro atoms. The van der Waals surface area contributed by atoms with Crippen LogP contribution in [0.4, 0.5) is 0 Å². The highest BCUT2D eigenvalue weighted by Gasteiger charge is 2.19. The van der Waals surface area contributed by atoms with E-state index in [-0.39, 0.29) is 0 Å². The summed E-state index contributed by atoms with van der Waals surface area (Å²) in [7, 11) is 0. The van der Waals surface area contributed by atoms with Crippen molar-refractivity contribution < 1.29 is 19.8 Å². The zero-order valence-electron chi connectivity index (χ0n) is 7.14. The van der Waals surface area contributed by atoms with Gasteiger partial charge in [-0.15, -0.1) is 11.3 Å². The van der Waals surface area contributed by atoms with Crippen LogP contribution in [0.1, 0.15) is 9.67 Å². The first-order chi connectivity index (χ1) is 6.65. The lowest BCUT2D eigenvalue weighted by molar-refractivity contribution is -0.140. The maximum atomic E-state index is 11.3. The van der Waals surface area contributed by atoms with Gasteiger partial charge < -0.3 is 15.5 Å². The van der Waals surface area contributed by atoms with Gasteiger partial charge in [0.15, 0.2) is 6.04 Å². The molecule has 0 bridgehead atoms. The minimum Gasteiger partial charge on any atom is -0.480 e. The van der Waals surface area contributed by atoms with Crippen LogP contribution in [0.2, 0.25) is 0 Å². The van der Waals surface area contributed by atoms with Crippen LogP contribution >= 0.6 is 11.3 Å². The van der Waals surface area contributed by atoms with E-state index in [0.29, 0.717) is 4.88 Å². The molecular formula is C8H9NO4S. The fourth-order valence-corrected chi connectivity index (χ4v) is 1.45. The second kappa shape index (κ2) is 4.73. The fraction of sp³-hybridized carbons (Fsp3) is 0.250. The van der Waals surface area contributed by atoms with Gasteiger partial charge in [-0.05, 0) is 11.4 Å². The molecule has 0 fully saturated rings. The number of carbonyl (C=O) groups excluding carboxylic acids is 1. The van der Waals surface area contributed by atoms with Crippen LogP contribution in [-0.2, 0) is 4.79 Å². The molecule has 14 heavy (non-hydrogen) atoms. The number of rotatable bonds is 4. The van der Waals surface area contributed by atoms with Crippen molar-refractivity contribution in [1.29, 1.82) is 0 Å². The Morgan fingerprint density at radius 1 is 1.57 bits per heavy atom. The average molecular weight is 215 g/mol. The zero-order valence-corrected chi connectivity index (χ0v) is 7.95. The first kappa shape index (κ1) is 10.7. The molecule has 0 aliphatic carbocycles. The summed E-state index contributed by atoms with van der Waals surface area (Å²) < 4.78 is 0. The van der Waals surface area contributed by atoms with E-state index in [4.69, 9.17) is 10.2 Å². The van der Waals surface area contributed by atoms with Gasteiger partial charge in [0.1, 0.15) is 0 Å². The standard InChI is InChI=1S/C8H9NO4S/c10-4-5(8(12)13)9-7(11)6-2-1-3-14-6/h1-3,5,10H,4H2,(H,9,11)(H,12,13). The number of aliphatic hydroxyl groups excluding tert-OH is 1. The van der Waals surface area contributed by atoms with Crippen molar-refractivity contribution >= 4 is 23.2 Å². The Balaban J connectivity index is 2.60. The predicted molar refractivity (Wildman–Crippen MR) is 50.3 cm³/mol. The van der Waals surface area contributed by atoms with Crippen molar-refractivity contribution in [3.8, 4) is 0 Å². The molecule has 6 heteroatoms. The summed E-state index contributed by atoms with van der Waals surface area (Å²) in [6.45, 7) is -0.619. The molecule has 0 aromatic carbocycles. The third-order valence-corrected chi connectivity index (χ3v) is 2.40. The summed E-state index contributed by atoms with van der Waals surface area (Å²) in [5.41, 5.74) is 0. The topological polar surface area (TPSA) is 86.6 Å². The molecule has 1 aromatic rings.